The molecule has 1 rings (SSSR count). The Labute approximate surface area is 114 Å². The Balaban J connectivity index is 2.26. The fraction of sp³-hybridized carbons (Fsp3) is 0.727. The van der Waals surface area contributed by atoms with E-state index < -0.39 is 10.0 Å². The number of rotatable bonds is 8. The highest BCUT2D eigenvalue weighted by molar-refractivity contribution is 7.89. The molecule has 0 saturated heterocycles. The van der Waals surface area contributed by atoms with Crippen molar-refractivity contribution in [3.8, 4) is 0 Å². The van der Waals surface area contributed by atoms with Crippen molar-refractivity contribution < 1.29 is 8.42 Å². The van der Waals surface area contributed by atoms with Crippen molar-refractivity contribution in [1.82, 2.24) is 14.5 Å². The van der Waals surface area contributed by atoms with E-state index in [9.17, 15) is 8.42 Å². The average molecular weight is 294 g/mol. The molecule has 0 spiro atoms. The number of unbranched alkanes of at least 4 members (excludes halogenated alkanes) is 1. The first-order valence-electron chi connectivity index (χ1n) is 6.11. The summed E-state index contributed by atoms with van der Waals surface area (Å²) in [7, 11) is -3.11. The van der Waals surface area contributed by atoms with Crippen molar-refractivity contribution in [3.05, 3.63) is 16.9 Å². The lowest BCUT2D eigenvalue weighted by molar-refractivity contribution is 0.549. The van der Waals surface area contributed by atoms with Crippen LogP contribution in [0.3, 0.4) is 0 Å². The molecule has 104 valence electrons. The molecule has 0 aliphatic carbocycles. The van der Waals surface area contributed by atoms with Crippen LogP contribution in [0.1, 0.15) is 31.9 Å². The maximum Gasteiger partial charge on any atom is 0.211 e. The molecule has 1 heterocycles. The molecule has 0 atom stereocenters. The maximum atomic E-state index is 11.5. The van der Waals surface area contributed by atoms with Crippen LogP contribution in [0.2, 0.25) is 5.02 Å². The summed E-state index contributed by atoms with van der Waals surface area (Å²) in [5.41, 5.74) is 0.792. The lowest BCUT2D eigenvalue weighted by Gasteiger charge is -2.06. The first kappa shape index (κ1) is 15.5. The number of aryl methyl sites for hydroxylation is 2. The Morgan fingerprint density at radius 2 is 2.17 bits per heavy atom. The third-order valence-corrected chi connectivity index (χ3v) is 4.38. The maximum absolute atomic E-state index is 11.5. The van der Waals surface area contributed by atoms with E-state index >= 15 is 0 Å². The minimum atomic E-state index is -3.11. The second-order valence-electron chi connectivity index (χ2n) is 4.25. The topological polar surface area (TPSA) is 64.0 Å². The van der Waals surface area contributed by atoms with E-state index in [0.29, 0.717) is 31.0 Å². The summed E-state index contributed by atoms with van der Waals surface area (Å²) in [6.07, 6.45) is 4.03. The first-order valence-corrected chi connectivity index (χ1v) is 8.14. The summed E-state index contributed by atoms with van der Waals surface area (Å²) in [6, 6.07) is 0. The molecule has 0 amide bonds. The third-order valence-electron chi connectivity index (χ3n) is 2.54. The van der Waals surface area contributed by atoms with Gasteiger partial charge in [0.15, 0.2) is 0 Å². The van der Waals surface area contributed by atoms with E-state index in [1.54, 1.807) is 10.9 Å². The summed E-state index contributed by atoms with van der Waals surface area (Å²) in [5, 5.41) is 4.84. The zero-order valence-electron chi connectivity index (χ0n) is 10.8. The van der Waals surface area contributed by atoms with Crippen LogP contribution in [0, 0.1) is 6.92 Å². The Kier molecular flexibility index (Phi) is 6.11. The smallest absolute Gasteiger partial charge is 0.211 e. The molecule has 0 fully saturated rings. The van der Waals surface area contributed by atoms with Gasteiger partial charge in [-0.05, 0) is 19.8 Å². The fourth-order valence-electron chi connectivity index (χ4n) is 1.48. The molecule has 1 aromatic heterocycles. The van der Waals surface area contributed by atoms with E-state index in [1.165, 1.54) is 0 Å². The van der Waals surface area contributed by atoms with Gasteiger partial charge in [-0.3, -0.25) is 4.68 Å². The summed E-state index contributed by atoms with van der Waals surface area (Å²) in [4.78, 5) is 0. The van der Waals surface area contributed by atoms with Crippen LogP contribution in [0.15, 0.2) is 6.20 Å². The highest BCUT2D eigenvalue weighted by Crippen LogP contribution is 2.11. The molecule has 0 aliphatic heterocycles. The molecule has 0 unspecified atom stereocenters. The minimum absolute atomic E-state index is 0.205. The second-order valence-corrected chi connectivity index (χ2v) is 6.58. The number of hydrogen-bond donors (Lipinski definition) is 1. The van der Waals surface area contributed by atoms with Gasteiger partial charge in [-0.15, -0.1) is 0 Å². The number of nitrogens with one attached hydrogen (secondary N) is 1. The molecule has 0 bridgehead atoms. The molecule has 18 heavy (non-hydrogen) atoms. The van der Waals surface area contributed by atoms with Crippen LogP contribution in [-0.2, 0) is 16.6 Å². The van der Waals surface area contributed by atoms with Crippen molar-refractivity contribution in [1.29, 1.82) is 0 Å². The fourth-order valence-corrected chi connectivity index (χ4v) is 2.90. The molecule has 1 aromatic rings. The van der Waals surface area contributed by atoms with Crippen LogP contribution in [0.25, 0.3) is 0 Å². The molecular weight excluding hydrogens is 274 g/mol. The number of hydrogen-bond acceptors (Lipinski definition) is 3. The monoisotopic (exact) mass is 293 g/mol. The van der Waals surface area contributed by atoms with E-state index in [2.05, 4.69) is 9.82 Å². The number of halogens is 1. The van der Waals surface area contributed by atoms with E-state index in [4.69, 9.17) is 11.6 Å². The molecule has 0 aromatic carbocycles. The zero-order valence-corrected chi connectivity index (χ0v) is 12.4. The zero-order chi connectivity index (χ0) is 13.6. The van der Waals surface area contributed by atoms with Crippen LogP contribution in [0.5, 0.6) is 0 Å². The molecule has 1 N–H and O–H groups in total. The van der Waals surface area contributed by atoms with Crippen LogP contribution < -0.4 is 4.72 Å². The summed E-state index contributed by atoms with van der Waals surface area (Å²) in [6.45, 7) is 4.90. The number of nitrogens with zero attached hydrogens (tertiary/aromatic N) is 2. The van der Waals surface area contributed by atoms with Crippen LogP contribution in [-0.4, -0.2) is 30.5 Å². The summed E-state index contributed by atoms with van der Waals surface area (Å²) >= 11 is 5.88. The molecule has 7 heteroatoms. The van der Waals surface area contributed by atoms with Crippen molar-refractivity contribution in [2.75, 3.05) is 12.3 Å². The quantitative estimate of drug-likeness (QED) is 0.745. The second kappa shape index (κ2) is 7.11. The predicted octanol–water partition coefficient (Wildman–Crippen LogP) is 1.95. The third kappa shape index (κ3) is 5.37. The van der Waals surface area contributed by atoms with Crippen molar-refractivity contribution >= 4 is 21.6 Å². The van der Waals surface area contributed by atoms with Gasteiger partial charge in [-0.2, -0.15) is 5.10 Å². The van der Waals surface area contributed by atoms with Crippen molar-refractivity contribution in [3.63, 3.8) is 0 Å². The van der Waals surface area contributed by atoms with Crippen molar-refractivity contribution in [2.24, 2.45) is 0 Å². The highest BCUT2D eigenvalue weighted by Gasteiger charge is 2.08. The lowest BCUT2D eigenvalue weighted by atomic mass is 10.4. The molecule has 5 nitrogen and oxygen atoms in total. The molecule has 0 saturated carbocycles. The van der Waals surface area contributed by atoms with Gasteiger partial charge in [-0.25, -0.2) is 13.1 Å². The van der Waals surface area contributed by atoms with Gasteiger partial charge in [0.25, 0.3) is 0 Å². The van der Waals surface area contributed by atoms with Gasteiger partial charge >= 0.3 is 0 Å². The van der Waals surface area contributed by atoms with Crippen LogP contribution in [0.4, 0.5) is 0 Å². The highest BCUT2D eigenvalue weighted by atomic mass is 35.5. The predicted molar refractivity (Wildman–Crippen MR) is 73.3 cm³/mol. The van der Waals surface area contributed by atoms with Crippen LogP contribution >= 0.6 is 11.6 Å². The van der Waals surface area contributed by atoms with Gasteiger partial charge in [0, 0.05) is 19.3 Å². The summed E-state index contributed by atoms with van der Waals surface area (Å²) in [5.74, 6) is 0.205. The lowest BCUT2D eigenvalue weighted by Crippen LogP contribution is -2.28. The standard InChI is InChI=1S/C11H20ClN3O2S/c1-3-4-8-18(16,17)13-6-5-7-15-9-11(12)10(2)14-15/h9,13H,3-8H2,1-2H3. The molecular formula is C11H20ClN3O2S. The normalized spacial score (nSPS) is 11.9. The number of sulfonamides is 1. The largest absolute Gasteiger partial charge is 0.271 e. The molecule has 0 radical (unpaired) electrons. The average Bonchev–Trinajstić information content (AvgIpc) is 2.62. The Bertz CT molecular complexity index is 451. The SMILES string of the molecule is CCCCS(=O)(=O)NCCCn1cc(Cl)c(C)n1. The van der Waals surface area contributed by atoms with E-state index in [1.807, 2.05) is 13.8 Å². The Morgan fingerprint density at radius 1 is 1.44 bits per heavy atom. The van der Waals surface area contributed by atoms with Gasteiger partial charge in [0.1, 0.15) is 0 Å². The first-order chi connectivity index (χ1) is 8.44. The summed E-state index contributed by atoms with van der Waals surface area (Å²) < 4.78 is 27.3. The molecule has 0 aliphatic rings. The minimum Gasteiger partial charge on any atom is -0.271 e. The van der Waals surface area contributed by atoms with Gasteiger partial charge in [0.05, 0.1) is 16.5 Å². The van der Waals surface area contributed by atoms with Gasteiger partial charge in [0.2, 0.25) is 10.0 Å². The Hall–Kier alpha value is -0.590. The van der Waals surface area contributed by atoms with Gasteiger partial charge in [-0.1, -0.05) is 24.9 Å². The Morgan fingerprint density at radius 3 is 2.72 bits per heavy atom. The van der Waals surface area contributed by atoms with E-state index in [0.717, 1.165) is 12.1 Å². The van der Waals surface area contributed by atoms with E-state index in [-0.39, 0.29) is 5.75 Å². The van der Waals surface area contributed by atoms with Crippen molar-refractivity contribution in [2.45, 2.75) is 39.7 Å². The number of aromatic nitrogens is 2. The van der Waals surface area contributed by atoms with Gasteiger partial charge < -0.3 is 0 Å².